The summed E-state index contributed by atoms with van der Waals surface area (Å²) in [7, 11) is 0. The summed E-state index contributed by atoms with van der Waals surface area (Å²) in [5.74, 6) is -0.765. The third-order valence-electron chi connectivity index (χ3n) is 2.14. The Kier molecular flexibility index (Phi) is 4.42. The van der Waals surface area contributed by atoms with E-state index < -0.39 is 24.6 Å². The molecule has 0 aliphatic rings. The van der Waals surface area contributed by atoms with Gasteiger partial charge >= 0.3 is 0 Å². The molecular formula is C11H14O4. The maximum Gasteiger partial charge on any atom is 0.189 e. The minimum absolute atomic E-state index is 0.188. The topological polar surface area (TPSA) is 77.8 Å². The summed E-state index contributed by atoms with van der Waals surface area (Å²) in [5, 5.41) is 27.3. The van der Waals surface area contributed by atoms with E-state index in [1.165, 1.54) is 0 Å². The lowest BCUT2D eigenvalue weighted by Gasteiger charge is -2.15. The molecule has 15 heavy (non-hydrogen) atoms. The molecular weight excluding hydrogens is 196 g/mol. The number of aliphatic hydroxyl groups is 3. The second kappa shape index (κ2) is 5.60. The third kappa shape index (κ3) is 3.43. The van der Waals surface area contributed by atoms with Crippen LogP contribution in [0.25, 0.3) is 0 Å². The molecule has 0 amide bonds. The maximum absolute atomic E-state index is 10.9. The molecule has 1 aromatic rings. The molecule has 0 saturated carbocycles. The minimum Gasteiger partial charge on any atom is -0.390 e. The Labute approximate surface area is 87.8 Å². The van der Waals surface area contributed by atoms with Gasteiger partial charge in [0.25, 0.3) is 0 Å². The van der Waals surface area contributed by atoms with Crippen molar-refractivity contribution < 1.29 is 20.1 Å². The summed E-state index contributed by atoms with van der Waals surface area (Å²) in [6.45, 7) is -0.757. The van der Waals surface area contributed by atoms with Crippen molar-refractivity contribution in [3.8, 4) is 0 Å². The summed E-state index contributed by atoms with van der Waals surface area (Å²) in [6, 6.07) is 9.04. The zero-order valence-corrected chi connectivity index (χ0v) is 8.21. The number of Topliss-reactive ketones (excluding diaryl/α,β-unsaturated/α-hetero) is 1. The molecule has 0 heterocycles. The van der Waals surface area contributed by atoms with E-state index in [2.05, 4.69) is 0 Å². The van der Waals surface area contributed by atoms with Crippen LogP contribution >= 0.6 is 0 Å². The Hall–Kier alpha value is -1.23. The Morgan fingerprint density at radius 3 is 2.33 bits per heavy atom. The third-order valence-corrected chi connectivity index (χ3v) is 2.14. The lowest BCUT2D eigenvalue weighted by atomic mass is 10.0. The van der Waals surface area contributed by atoms with Crippen LogP contribution in [0.3, 0.4) is 0 Å². The molecule has 82 valence electrons. The number of carbonyl (C=O) groups excluding carboxylic acids is 1. The van der Waals surface area contributed by atoms with Crippen LogP contribution in [-0.4, -0.2) is 39.9 Å². The van der Waals surface area contributed by atoms with Crippen molar-refractivity contribution >= 4 is 5.78 Å². The van der Waals surface area contributed by atoms with Crippen LogP contribution in [0.2, 0.25) is 0 Å². The number of carbonyl (C=O) groups is 1. The lowest BCUT2D eigenvalue weighted by Crippen LogP contribution is -2.37. The quantitative estimate of drug-likeness (QED) is 0.613. The molecule has 0 aliphatic carbocycles. The van der Waals surface area contributed by atoms with E-state index >= 15 is 0 Å². The van der Waals surface area contributed by atoms with E-state index in [0.717, 1.165) is 5.56 Å². The van der Waals surface area contributed by atoms with Gasteiger partial charge in [-0.25, -0.2) is 0 Å². The smallest absolute Gasteiger partial charge is 0.189 e. The number of aliphatic hydroxyl groups excluding tert-OH is 3. The molecule has 3 N–H and O–H groups in total. The predicted molar refractivity (Wildman–Crippen MR) is 54.3 cm³/mol. The van der Waals surface area contributed by atoms with Gasteiger partial charge in [0.2, 0.25) is 0 Å². The normalized spacial score (nSPS) is 14.6. The second-order valence-electron chi connectivity index (χ2n) is 3.33. The number of rotatable bonds is 5. The van der Waals surface area contributed by atoms with Gasteiger partial charge in [-0.05, 0) is 5.56 Å². The van der Waals surface area contributed by atoms with E-state index in [4.69, 9.17) is 5.11 Å². The van der Waals surface area contributed by atoms with Crippen molar-refractivity contribution in [2.45, 2.75) is 18.6 Å². The van der Waals surface area contributed by atoms with Crippen molar-refractivity contribution in [1.82, 2.24) is 0 Å². The molecule has 1 rings (SSSR count). The lowest BCUT2D eigenvalue weighted by molar-refractivity contribution is -0.135. The standard InChI is InChI=1S/C11H14O4/c12-7-10(14)11(15)9(13)6-8-4-2-1-3-5-8/h1-5,9,11-13,15H,6-7H2/t9-,11+/m1/s1. The van der Waals surface area contributed by atoms with Crippen LogP contribution in [0.1, 0.15) is 5.56 Å². The summed E-state index contributed by atoms with van der Waals surface area (Å²) < 4.78 is 0. The Balaban J connectivity index is 2.56. The first-order chi connectivity index (χ1) is 7.15. The highest BCUT2D eigenvalue weighted by Crippen LogP contribution is 2.06. The van der Waals surface area contributed by atoms with E-state index in [9.17, 15) is 15.0 Å². The van der Waals surface area contributed by atoms with E-state index in [1.54, 1.807) is 12.1 Å². The number of ketones is 1. The van der Waals surface area contributed by atoms with Crippen molar-refractivity contribution in [2.75, 3.05) is 6.61 Å². The van der Waals surface area contributed by atoms with Gasteiger partial charge in [-0.1, -0.05) is 30.3 Å². The van der Waals surface area contributed by atoms with Crippen LogP contribution in [-0.2, 0) is 11.2 Å². The summed E-state index contributed by atoms with van der Waals surface area (Å²) in [5.41, 5.74) is 0.829. The average Bonchev–Trinajstić information content (AvgIpc) is 2.28. The molecule has 0 radical (unpaired) electrons. The molecule has 0 saturated heterocycles. The van der Waals surface area contributed by atoms with Crippen LogP contribution in [0.15, 0.2) is 30.3 Å². The van der Waals surface area contributed by atoms with Crippen molar-refractivity contribution in [1.29, 1.82) is 0 Å². The van der Waals surface area contributed by atoms with Crippen molar-refractivity contribution in [3.05, 3.63) is 35.9 Å². The zero-order chi connectivity index (χ0) is 11.3. The van der Waals surface area contributed by atoms with Gasteiger partial charge in [0.05, 0.1) is 6.10 Å². The van der Waals surface area contributed by atoms with Gasteiger partial charge in [-0.2, -0.15) is 0 Å². The molecule has 0 spiro atoms. The van der Waals surface area contributed by atoms with E-state index in [0.29, 0.717) is 0 Å². The van der Waals surface area contributed by atoms with Crippen LogP contribution < -0.4 is 0 Å². The first-order valence-electron chi connectivity index (χ1n) is 4.68. The summed E-state index contributed by atoms with van der Waals surface area (Å²) in [4.78, 5) is 10.9. The van der Waals surface area contributed by atoms with Crippen LogP contribution in [0.5, 0.6) is 0 Å². The SMILES string of the molecule is O=C(CO)[C@@H](O)[C@H](O)Cc1ccccc1. The molecule has 0 aromatic heterocycles. The minimum atomic E-state index is -1.52. The highest BCUT2D eigenvalue weighted by Gasteiger charge is 2.23. The number of hydrogen-bond donors (Lipinski definition) is 3. The van der Waals surface area contributed by atoms with Gasteiger partial charge in [0.15, 0.2) is 5.78 Å². The highest BCUT2D eigenvalue weighted by molar-refractivity contribution is 5.84. The maximum atomic E-state index is 10.9. The van der Waals surface area contributed by atoms with Gasteiger partial charge < -0.3 is 15.3 Å². The zero-order valence-electron chi connectivity index (χ0n) is 8.21. The number of hydrogen-bond acceptors (Lipinski definition) is 4. The molecule has 0 unspecified atom stereocenters. The fraction of sp³-hybridized carbons (Fsp3) is 0.364. The molecule has 2 atom stereocenters. The van der Waals surface area contributed by atoms with Crippen LogP contribution in [0.4, 0.5) is 0 Å². The predicted octanol–water partition coefficient (Wildman–Crippen LogP) is -0.488. The molecule has 0 bridgehead atoms. The second-order valence-corrected chi connectivity index (χ2v) is 3.33. The van der Waals surface area contributed by atoms with Gasteiger partial charge in [-0.15, -0.1) is 0 Å². The first-order valence-corrected chi connectivity index (χ1v) is 4.68. The van der Waals surface area contributed by atoms with Gasteiger partial charge in [0, 0.05) is 6.42 Å². The van der Waals surface area contributed by atoms with E-state index in [-0.39, 0.29) is 6.42 Å². The monoisotopic (exact) mass is 210 g/mol. The Bertz CT molecular complexity index is 310. The molecule has 0 fully saturated rings. The number of benzene rings is 1. The van der Waals surface area contributed by atoms with Gasteiger partial charge in [-0.3, -0.25) is 4.79 Å². The summed E-state index contributed by atoms with van der Waals surface area (Å²) in [6.07, 6.45) is -2.50. The largest absolute Gasteiger partial charge is 0.390 e. The first kappa shape index (κ1) is 11.8. The summed E-state index contributed by atoms with van der Waals surface area (Å²) >= 11 is 0. The van der Waals surface area contributed by atoms with Crippen molar-refractivity contribution in [3.63, 3.8) is 0 Å². The molecule has 1 aromatic carbocycles. The average molecular weight is 210 g/mol. The Morgan fingerprint density at radius 2 is 1.80 bits per heavy atom. The fourth-order valence-corrected chi connectivity index (χ4v) is 1.28. The molecule has 4 heteroatoms. The van der Waals surface area contributed by atoms with Crippen LogP contribution in [0, 0.1) is 0 Å². The molecule has 0 aliphatic heterocycles. The van der Waals surface area contributed by atoms with Crippen molar-refractivity contribution in [2.24, 2.45) is 0 Å². The molecule has 4 nitrogen and oxygen atoms in total. The van der Waals surface area contributed by atoms with E-state index in [1.807, 2.05) is 18.2 Å². The fourth-order valence-electron chi connectivity index (χ4n) is 1.28. The highest BCUT2D eigenvalue weighted by atomic mass is 16.3. The Morgan fingerprint density at radius 1 is 1.20 bits per heavy atom. The van der Waals surface area contributed by atoms with Gasteiger partial charge in [0.1, 0.15) is 12.7 Å².